The average molecular weight is 203 g/mol. The van der Waals surface area contributed by atoms with Crippen LogP contribution in [0.25, 0.3) is 11.0 Å². The van der Waals surface area contributed by atoms with Gasteiger partial charge in [-0.25, -0.2) is 0 Å². The van der Waals surface area contributed by atoms with Crippen LogP contribution in [-0.4, -0.2) is 34.9 Å². The van der Waals surface area contributed by atoms with E-state index in [1.165, 1.54) is 0 Å². The van der Waals surface area contributed by atoms with Crippen LogP contribution in [0.5, 0.6) is 0 Å². The van der Waals surface area contributed by atoms with Crippen molar-refractivity contribution in [2.24, 2.45) is 0 Å². The maximum Gasteiger partial charge on any atom is 0.226 e. The summed E-state index contributed by atoms with van der Waals surface area (Å²) >= 11 is 0. The Kier molecular flexibility index (Phi) is 2.41. The zero-order chi connectivity index (χ0) is 10.8. The molecule has 0 unspecified atom stereocenters. The molecule has 2 aromatic heterocycles. The normalized spacial score (nSPS) is 10.5. The van der Waals surface area contributed by atoms with Crippen LogP contribution in [0.3, 0.4) is 0 Å². The Labute approximate surface area is 87.9 Å². The fraction of sp³-hybridized carbons (Fsp3) is 0.273. The highest BCUT2D eigenvalue weighted by Gasteiger charge is 2.10. The molecule has 78 valence electrons. The third kappa shape index (κ3) is 1.83. The Balaban J connectivity index is 2.33. The van der Waals surface area contributed by atoms with Crippen molar-refractivity contribution in [2.75, 3.05) is 14.1 Å². The number of hydrogen-bond donors (Lipinski definition) is 1. The van der Waals surface area contributed by atoms with Gasteiger partial charge >= 0.3 is 0 Å². The minimum atomic E-state index is 0.0848. The third-order valence-corrected chi connectivity index (χ3v) is 2.35. The van der Waals surface area contributed by atoms with Crippen molar-refractivity contribution in [3.63, 3.8) is 0 Å². The highest BCUT2D eigenvalue weighted by Crippen LogP contribution is 2.15. The van der Waals surface area contributed by atoms with E-state index in [1.807, 2.05) is 18.3 Å². The third-order valence-electron chi connectivity index (χ3n) is 2.35. The molecule has 0 aliphatic rings. The molecule has 1 N–H and O–H groups in total. The van der Waals surface area contributed by atoms with Gasteiger partial charge in [-0.05, 0) is 12.1 Å². The molecule has 4 heteroatoms. The van der Waals surface area contributed by atoms with Gasteiger partial charge in [0.15, 0.2) is 0 Å². The lowest BCUT2D eigenvalue weighted by Gasteiger charge is -2.08. The highest BCUT2D eigenvalue weighted by atomic mass is 16.2. The summed E-state index contributed by atoms with van der Waals surface area (Å²) < 4.78 is 0. The molecule has 0 atom stereocenters. The van der Waals surface area contributed by atoms with Gasteiger partial charge in [-0.2, -0.15) is 0 Å². The predicted molar refractivity (Wildman–Crippen MR) is 58.5 cm³/mol. The number of likely N-dealkylation sites (N-methyl/N-ethyl adjacent to an activating group) is 1. The molecule has 2 aromatic rings. The Bertz CT molecular complexity index is 487. The maximum absolute atomic E-state index is 11.5. The smallest absolute Gasteiger partial charge is 0.226 e. The first-order valence-corrected chi connectivity index (χ1v) is 4.79. The molecular formula is C11H13N3O. The lowest BCUT2D eigenvalue weighted by atomic mass is 10.2. The molecule has 2 rings (SSSR count). The molecule has 0 saturated carbocycles. The van der Waals surface area contributed by atoms with Crippen molar-refractivity contribution in [3.05, 3.63) is 30.1 Å². The second-order valence-electron chi connectivity index (χ2n) is 3.68. The summed E-state index contributed by atoms with van der Waals surface area (Å²) in [5.74, 6) is 0.0848. The fourth-order valence-corrected chi connectivity index (χ4v) is 1.47. The molecule has 0 bridgehead atoms. The second-order valence-corrected chi connectivity index (χ2v) is 3.68. The van der Waals surface area contributed by atoms with Gasteiger partial charge in [0.1, 0.15) is 0 Å². The number of aromatic nitrogens is 2. The van der Waals surface area contributed by atoms with Crippen molar-refractivity contribution < 1.29 is 4.79 Å². The van der Waals surface area contributed by atoms with Gasteiger partial charge in [0, 0.05) is 32.1 Å². The van der Waals surface area contributed by atoms with E-state index in [4.69, 9.17) is 0 Å². The Morgan fingerprint density at radius 1 is 1.53 bits per heavy atom. The first-order valence-electron chi connectivity index (χ1n) is 4.79. The standard InChI is InChI=1S/C11H13N3O/c1-14(2)10(15)6-8-7-13-9-4-3-5-12-11(8)9/h3-5,7,13H,6H2,1-2H3. The van der Waals surface area contributed by atoms with Gasteiger partial charge < -0.3 is 9.88 Å². The molecule has 0 aliphatic carbocycles. The van der Waals surface area contributed by atoms with E-state index >= 15 is 0 Å². The summed E-state index contributed by atoms with van der Waals surface area (Å²) in [6.07, 6.45) is 3.98. The lowest BCUT2D eigenvalue weighted by Crippen LogP contribution is -2.23. The number of nitrogens with one attached hydrogen (secondary N) is 1. The lowest BCUT2D eigenvalue weighted by molar-refractivity contribution is -0.127. The largest absolute Gasteiger partial charge is 0.360 e. The Morgan fingerprint density at radius 2 is 2.33 bits per heavy atom. The predicted octanol–water partition coefficient (Wildman–Crippen LogP) is 1.19. The number of fused-ring (bicyclic) bond motifs is 1. The summed E-state index contributed by atoms with van der Waals surface area (Å²) in [4.78, 5) is 20.5. The Hall–Kier alpha value is -1.84. The summed E-state index contributed by atoms with van der Waals surface area (Å²) in [5, 5.41) is 0. The van der Waals surface area contributed by atoms with Gasteiger partial charge in [-0.1, -0.05) is 0 Å². The number of amides is 1. The van der Waals surface area contributed by atoms with Crippen molar-refractivity contribution in [1.29, 1.82) is 0 Å². The molecule has 0 fully saturated rings. The van der Waals surface area contributed by atoms with E-state index in [-0.39, 0.29) is 5.91 Å². The second kappa shape index (κ2) is 3.73. The van der Waals surface area contributed by atoms with Crippen LogP contribution in [0.4, 0.5) is 0 Å². The van der Waals surface area contributed by atoms with Gasteiger partial charge in [0.05, 0.1) is 17.5 Å². The quantitative estimate of drug-likeness (QED) is 0.797. The molecule has 15 heavy (non-hydrogen) atoms. The van der Waals surface area contributed by atoms with Crippen molar-refractivity contribution >= 4 is 16.9 Å². The van der Waals surface area contributed by atoms with Gasteiger partial charge in [0.2, 0.25) is 5.91 Å². The molecule has 0 radical (unpaired) electrons. The number of hydrogen-bond acceptors (Lipinski definition) is 2. The molecular weight excluding hydrogens is 190 g/mol. The number of rotatable bonds is 2. The Morgan fingerprint density at radius 3 is 3.07 bits per heavy atom. The summed E-state index contributed by atoms with van der Waals surface area (Å²) in [6, 6.07) is 3.82. The molecule has 0 aliphatic heterocycles. The molecule has 0 aromatic carbocycles. The van der Waals surface area contributed by atoms with Crippen LogP contribution in [0.2, 0.25) is 0 Å². The van der Waals surface area contributed by atoms with Crippen LogP contribution in [0.1, 0.15) is 5.56 Å². The minimum Gasteiger partial charge on any atom is -0.360 e. The number of aromatic amines is 1. The first kappa shape index (κ1) is 9.71. The van der Waals surface area contributed by atoms with E-state index in [0.717, 1.165) is 16.6 Å². The number of carbonyl (C=O) groups excluding carboxylic acids is 1. The van der Waals surface area contributed by atoms with Crippen LogP contribution in [0.15, 0.2) is 24.5 Å². The van der Waals surface area contributed by atoms with E-state index < -0.39 is 0 Å². The average Bonchev–Trinajstić information content (AvgIpc) is 2.62. The van der Waals surface area contributed by atoms with Gasteiger partial charge in [-0.15, -0.1) is 0 Å². The van der Waals surface area contributed by atoms with Crippen molar-refractivity contribution in [1.82, 2.24) is 14.9 Å². The van der Waals surface area contributed by atoms with E-state index in [2.05, 4.69) is 9.97 Å². The molecule has 2 heterocycles. The zero-order valence-corrected chi connectivity index (χ0v) is 8.82. The maximum atomic E-state index is 11.5. The number of nitrogens with zero attached hydrogens (tertiary/aromatic N) is 2. The summed E-state index contributed by atoms with van der Waals surface area (Å²) in [6.45, 7) is 0. The van der Waals surface area contributed by atoms with Crippen molar-refractivity contribution in [3.8, 4) is 0 Å². The molecule has 1 amide bonds. The molecule has 0 spiro atoms. The fourth-order valence-electron chi connectivity index (χ4n) is 1.47. The SMILES string of the molecule is CN(C)C(=O)Cc1c[nH]c2cccnc12. The highest BCUT2D eigenvalue weighted by molar-refractivity contribution is 5.86. The van der Waals surface area contributed by atoms with Gasteiger partial charge in [0.25, 0.3) is 0 Å². The molecule has 4 nitrogen and oxygen atoms in total. The monoisotopic (exact) mass is 203 g/mol. The summed E-state index contributed by atoms with van der Waals surface area (Å²) in [7, 11) is 3.51. The van der Waals surface area contributed by atoms with Crippen LogP contribution in [0, 0.1) is 0 Å². The first-order chi connectivity index (χ1) is 7.18. The summed E-state index contributed by atoms with van der Waals surface area (Å²) in [5.41, 5.74) is 2.80. The van der Waals surface area contributed by atoms with Crippen LogP contribution in [-0.2, 0) is 11.2 Å². The minimum absolute atomic E-state index is 0.0848. The van der Waals surface area contributed by atoms with Crippen LogP contribution < -0.4 is 0 Å². The topological polar surface area (TPSA) is 49.0 Å². The molecule has 0 saturated heterocycles. The van der Waals surface area contributed by atoms with Crippen molar-refractivity contribution in [2.45, 2.75) is 6.42 Å². The number of pyridine rings is 1. The number of H-pyrrole nitrogens is 1. The van der Waals surface area contributed by atoms with E-state index in [1.54, 1.807) is 25.2 Å². The van der Waals surface area contributed by atoms with E-state index in [9.17, 15) is 4.79 Å². The number of carbonyl (C=O) groups is 1. The zero-order valence-electron chi connectivity index (χ0n) is 8.82. The van der Waals surface area contributed by atoms with E-state index in [0.29, 0.717) is 6.42 Å². The van der Waals surface area contributed by atoms with Gasteiger partial charge in [-0.3, -0.25) is 9.78 Å². The van der Waals surface area contributed by atoms with Crippen LogP contribution >= 0.6 is 0 Å².